The number of nitrogens with zero attached hydrogens (tertiary/aromatic N) is 2. The zero-order chi connectivity index (χ0) is 17.9. The standard InChI is InChI=1S/C16H24N2O6/c1-4-22-14(19)8-7-11(13-10-17-18-13)12(16(21)24-6-3)9-15(20)23-5-2/h10-12H,4-9H2,1-3H3. The molecule has 8 heteroatoms. The van der Waals surface area contributed by atoms with E-state index >= 15 is 0 Å². The molecule has 0 amide bonds. The minimum absolute atomic E-state index is 0.115. The lowest BCUT2D eigenvalue weighted by atomic mass is 9.83. The smallest absolute Gasteiger partial charge is 0.310 e. The number of allylic oxidation sites excluding steroid dienone is 1. The molecule has 1 aliphatic heterocycles. The second kappa shape index (κ2) is 10.5. The molecule has 0 radical (unpaired) electrons. The van der Waals surface area contributed by atoms with E-state index in [2.05, 4.69) is 10.2 Å². The van der Waals surface area contributed by atoms with Gasteiger partial charge in [-0.05, 0) is 27.2 Å². The number of hydrogen-bond acceptors (Lipinski definition) is 8. The normalized spacial score (nSPS) is 14.9. The lowest BCUT2D eigenvalue weighted by Crippen LogP contribution is -2.31. The highest BCUT2D eigenvalue weighted by atomic mass is 16.5. The predicted molar refractivity (Wildman–Crippen MR) is 83.7 cm³/mol. The molecule has 1 rings (SSSR count). The zero-order valence-electron chi connectivity index (χ0n) is 14.3. The van der Waals surface area contributed by atoms with Crippen molar-refractivity contribution >= 4 is 17.9 Å². The summed E-state index contributed by atoms with van der Waals surface area (Å²) in [6, 6.07) is 0. The van der Waals surface area contributed by atoms with Crippen LogP contribution in [0.1, 0.15) is 40.0 Å². The Hall–Kier alpha value is -2.25. The molecule has 0 aromatic rings. The average Bonchev–Trinajstić information content (AvgIpc) is 2.48. The minimum Gasteiger partial charge on any atom is -0.466 e. The van der Waals surface area contributed by atoms with Crippen LogP contribution in [0.15, 0.2) is 22.1 Å². The van der Waals surface area contributed by atoms with Gasteiger partial charge < -0.3 is 14.2 Å². The number of carbonyl (C=O) groups is 3. The number of azo groups is 1. The molecule has 0 spiro atoms. The van der Waals surface area contributed by atoms with Gasteiger partial charge in [0.2, 0.25) is 0 Å². The molecule has 0 bridgehead atoms. The van der Waals surface area contributed by atoms with E-state index in [1.54, 1.807) is 20.8 Å². The first-order valence-corrected chi connectivity index (χ1v) is 8.12. The third-order valence-corrected chi connectivity index (χ3v) is 3.47. The van der Waals surface area contributed by atoms with Gasteiger partial charge in [-0.25, -0.2) is 0 Å². The number of carbonyl (C=O) groups excluding carboxylic acids is 3. The van der Waals surface area contributed by atoms with Crippen LogP contribution in [0.25, 0.3) is 0 Å². The van der Waals surface area contributed by atoms with Gasteiger partial charge in [0.15, 0.2) is 0 Å². The largest absolute Gasteiger partial charge is 0.466 e. The Kier molecular flexibility index (Phi) is 8.67. The minimum atomic E-state index is -0.774. The Bertz CT molecular complexity index is 515. The van der Waals surface area contributed by atoms with Crippen molar-refractivity contribution in [1.29, 1.82) is 0 Å². The summed E-state index contributed by atoms with van der Waals surface area (Å²) in [5, 5.41) is 7.55. The van der Waals surface area contributed by atoms with E-state index in [1.807, 2.05) is 0 Å². The van der Waals surface area contributed by atoms with E-state index in [0.29, 0.717) is 12.1 Å². The van der Waals surface area contributed by atoms with Gasteiger partial charge in [-0.2, -0.15) is 10.2 Å². The second-order valence-corrected chi connectivity index (χ2v) is 5.09. The van der Waals surface area contributed by atoms with Crippen LogP contribution < -0.4 is 0 Å². The first kappa shape index (κ1) is 19.8. The lowest BCUT2D eigenvalue weighted by molar-refractivity contribution is -0.156. The van der Waals surface area contributed by atoms with Crippen molar-refractivity contribution in [3.63, 3.8) is 0 Å². The van der Waals surface area contributed by atoms with Crippen LogP contribution >= 0.6 is 0 Å². The van der Waals surface area contributed by atoms with E-state index in [1.165, 1.54) is 6.20 Å². The molecule has 0 aliphatic carbocycles. The summed E-state index contributed by atoms with van der Waals surface area (Å²) in [5.74, 6) is -2.59. The van der Waals surface area contributed by atoms with Crippen LogP contribution in [-0.4, -0.2) is 37.7 Å². The van der Waals surface area contributed by atoms with Crippen molar-refractivity contribution in [3.05, 3.63) is 11.9 Å². The first-order valence-electron chi connectivity index (χ1n) is 8.12. The van der Waals surface area contributed by atoms with Crippen LogP contribution in [0.4, 0.5) is 0 Å². The predicted octanol–water partition coefficient (Wildman–Crippen LogP) is 2.39. The molecule has 0 saturated carbocycles. The number of esters is 3. The Morgan fingerprint density at radius 1 is 1.00 bits per heavy atom. The van der Waals surface area contributed by atoms with E-state index in [4.69, 9.17) is 14.2 Å². The summed E-state index contributed by atoms with van der Waals surface area (Å²) >= 11 is 0. The summed E-state index contributed by atoms with van der Waals surface area (Å²) in [7, 11) is 0. The van der Waals surface area contributed by atoms with Crippen LogP contribution in [0.5, 0.6) is 0 Å². The van der Waals surface area contributed by atoms with Crippen LogP contribution in [-0.2, 0) is 28.6 Å². The molecule has 134 valence electrons. The van der Waals surface area contributed by atoms with Gasteiger partial charge in [-0.1, -0.05) is 0 Å². The van der Waals surface area contributed by atoms with Crippen molar-refractivity contribution in [1.82, 2.24) is 0 Å². The molecule has 24 heavy (non-hydrogen) atoms. The van der Waals surface area contributed by atoms with Gasteiger partial charge in [0, 0.05) is 12.3 Å². The summed E-state index contributed by atoms with van der Waals surface area (Å²) < 4.78 is 14.9. The fourth-order valence-electron chi connectivity index (χ4n) is 2.39. The quantitative estimate of drug-likeness (QED) is 0.422. The fourth-order valence-corrected chi connectivity index (χ4v) is 2.39. The average molecular weight is 340 g/mol. The van der Waals surface area contributed by atoms with E-state index < -0.39 is 23.8 Å². The molecular weight excluding hydrogens is 316 g/mol. The molecule has 1 heterocycles. The molecular formula is C16H24N2O6. The topological polar surface area (TPSA) is 104 Å². The van der Waals surface area contributed by atoms with Gasteiger partial charge in [-0.3, -0.25) is 14.4 Å². The summed E-state index contributed by atoms with van der Waals surface area (Å²) in [4.78, 5) is 35.8. The van der Waals surface area contributed by atoms with Gasteiger partial charge in [0.05, 0.1) is 44.1 Å². The van der Waals surface area contributed by atoms with Gasteiger partial charge in [0.25, 0.3) is 0 Å². The number of rotatable bonds is 11. The Morgan fingerprint density at radius 2 is 1.58 bits per heavy atom. The third kappa shape index (κ3) is 6.10. The van der Waals surface area contributed by atoms with Gasteiger partial charge in [-0.15, -0.1) is 0 Å². The zero-order valence-corrected chi connectivity index (χ0v) is 14.3. The molecule has 2 unspecified atom stereocenters. The van der Waals surface area contributed by atoms with Crippen molar-refractivity contribution in [2.24, 2.45) is 22.1 Å². The van der Waals surface area contributed by atoms with Crippen molar-refractivity contribution in [2.75, 3.05) is 19.8 Å². The van der Waals surface area contributed by atoms with Crippen molar-refractivity contribution in [2.45, 2.75) is 40.0 Å². The number of hydrogen-bond donors (Lipinski definition) is 0. The highest BCUT2D eigenvalue weighted by molar-refractivity contribution is 5.80. The molecule has 0 aromatic carbocycles. The summed E-state index contributed by atoms with van der Waals surface area (Å²) in [5.41, 5.74) is 0.571. The van der Waals surface area contributed by atoms with E-state index in [-0.39, 0.29) is 38.6 Å². The molecule has 0 aromatic heterocycles. The second-order valence-electron chi connectivity index (χ2n) is 5.09. The maximum absolute atomic E-state index is 12.3. The van der Waals surface area contributed by atoms with Crippen LogP contribution in [0.2, 0.25) is 0 Å². The number of ether oxygens (including phenoxy) is 3. The third-order valence-electron chi connectivity index (χ3n) is 3.47. The van der Waals surface area contributed by atoms with Crippen LogP contribution in [0.3, 0.4) is 0 Å². The molecule has 8 nitrogen and oxygen atoms in total. The SMILES string of the molecule is CCOC(=O)CCC(C1=CN=N1)C(CC(=O)OCC)C(=O)OCC. The van der Waals surface area contributed by atoms with E-state index in [9.17, 15) is 14.4 Å². The van der Waals surface area contributed by atoms with Gasteiger partial charge >= 0.3 is 17.9 Å². The van der Waals surface area contributed by atoms with E-state index in [0.717, 1.165) is 0 Å². The highest BCUT2D eigenvalue weighted by Crippen LogP contribution is 2.34. The lowest BCUT2D eigenvalue weighted by Gasteiger charge is -2.26. The Morgan fingerprint density at radius 3 is 2.08 bits per heavy atom. The molecule has 0 saturated heterocycles. The van der Waals surface area contributed by atoms with Crippen LogP contribution in [0, 0.1) is 11.8 Å². The Balaban J connectivity index is 2.86. The molecule has 2 atom stereocenters. The Labute approximate surface area is 141 Å². The van der Waals surface area contributed by atoms with Crippen molar-refractivity contribution < 1.29 is 28.6 Å². The maximum atomic E-state index is 12.3. The maximum Gasteiger partial charge on any atom is 0.310 e. The summed E-state index contributed by atoms with van der Waals surface area (Å²) in [6.45, 7) is 5.82. The molecule has 0 fully saturated rings. The van der Waals surface area contributed by atoms with Crippen molar-refractivity contribution in [3.8, 4) is 0 Å². The molecule has 0 N–H and O–H groups in total. The highest BCUT2D eigenvalue weighted by Gasteiger charge is 2.36. The fraction of sp³-hybridized carbons (Fsp3) is 0.688. The summed E-state index contributed by atoms with van der Waals surface area (Å²) in [6.07, 6.45) is 1.82. The first-order chi connectivity index (χ1) is 11.5. The monoisotopic (exact) mass is 340 g/mol. The van der Waals surface area contributed by atoms with Gasteiger partial charge in [0.1, 0.15) is 0 Å². The molecule has 1 aliphatic rings.